The van der Waals surface area contributed by atoms with E-state index in [9.17, 15) is 4.79 Å². The average molecular weight is 223 g/mol. The van der Waals surface area contributed by atoms with Crippen LogP contribution in [0.15, 0.2) is 24.3 Å². The summed E-state index contributed by atoms with van der Waals surface area (Å²) >= 11 is 5.62. The first-order valence-corrected chi connectivity index (χ1v) is 5.11. The maximum atomic E-state index is 11.5. The molecule has 4 heteroatoms. The SMILES string of the molecule is N#CCCNC(=O)c1ccc(CCl)cc1. The Bertz CT molecular complexity index is 367. The van der Waals surface area contributed by atoms with Gasteiger partial charge in [0.15, 0.2) is 0 Å². The molecule has 0 aliphatic heterocycles. The summed E-state index contributed by atoms with van der Waals surface area (Å²) in [5, 5.41) is 10.9. The Kier molecular flexibility index (Phi) is 4.65. The van der Waals surface area contributed by atoms with Gasteiger partial charge in [-0.15, -0.1) is 11.6 Å². The van der Waals surface area contributed by atoms with Crippen LogP contribution in [0.5, 0.6) is 0 Å². The molecule has 1 amide bonds. The van der Waals surface area contributed by atoms with Crippen molar-refractivity contribution in [2.75, 3.05) is 6.54 Å². The molecule has 0 aliphatic rings. The molecule has 0 aromatic heterocycles. The van der Waals surface area contributed by atoms with Crippen LogP contribution < -0.4 is 5.32 Å². The van der Waals surface area contributed by atoms with Gasteiger partial charge < -0.3 is 5.32 Å². The van der Waals surface area contributed by atoms with Gasteiger partial charge in [0.05, 0.1) is 12.5 Å². The lowest BCUT2D eigenvalue weighted by molar-refractivity contribution is 0.0954. The molecule has 0 bridgehead atoms. The summed E-state index contributed by atoms with van der Waals surface area (Å²) in [4.78, 5) is 11.5. The van der Waals surface area contributed by atoms with Gasteiger partial charge in [-0.25, -0.2) is 0 Å². The van der Waals surface area contributed by atoms with Crippen molar-refractivity contribution >= 4 is 17.5 Å². The van der Waals surface area contributed by atoms with Crippen LogP contribution in [0.25, 0.3) is 0 Å². The second kappa shape index (κ2) is 6.05. The monoisotopic (exact) mass is 222 g/mol. The summed E-state index contributed by atoms with van der Waals surface area (Å²) in [5.74, 6) is 0.280. The van der Waals surface area contributed by atoms with Crippen LogP contribution in [-0.2, 0) is 5.88 Å². The summed E-state index contributed by atoms with van der Waals surface area (Å²) in [5.41, 5.74) is 1.56. The molecule has 3 nitrogen and oxygen atoms in total. The molecule has 0 heterocycles. The van der Waals surface area contributed by atoms with Gasteiger partial charge in [-0.2, -0.15) is 5.26 Å². The number of benzene rings is 1. The van der Waals surface area contributed by atoms with E-state index in [1.54, 1.807) is 12.1 Å². The van der Waals surface area contributed by atoms with E-state index in [1.165, 1.54) is 0 Å². The summed E-state index contributed by atoms with van der Waals surface area (Å²) in [6.45, 7) is 0.382. The highest BCUT2D eigenvalue weighted by Crippen LogP contribution is 2.06. The Labute approximate surface area is 93.7 Å². The van der Waals surface area contributed by atoms with Crippen molar-refractivity contribution in [3.63, 3.8) is 0 Å². The summed E-state index contributed by atoms with van der Waals surface area (Å²) in [7, 11) is 0. The van der Waals surface area contributed by atoms with E-state index in [4.69, 9.17) is 16.9 Å². The molecule has 1 rings (SSSR count). The third-order valence-corrected chi connectivity index (χ3v) is 2.20. The Balaban J connectivity index is 2.55. The quantitative estimate of drug-likeness (QED) is 0.626. The molecule has 1 N–H and O–H groups in total. The number of rotatable bonds is 4. The van der Waals surface area contributed by atoms with Gasteiger partial charge in [0.25, 0.3) is 5.91 Å². The first-order chi connectivity index (χ1) is 7.27. The van der Waals surface area contributed by atoms with Gasteiger partial charge in [-0.05, 0) is 17.7 Å². The molecule has 0 aliphatic carbocycles. The topological polar surface area (TPSA) is 52.9 Å². The van der Waals surface area contributed by atoms with Crippen molar-refractivity contribution < 1.29 is 4.79 Å². The number of hydrogen-bond donors (Lipinski definition) is 1. The highest BCUT2D eigenvalue weighted by Gasteiger charge is 2.03. The van der Waals surface area contributed by atoms with E-state index >= 15 is 0 Å². The fourth-order valence-electron chi connectivity index (χ4n) is 1.08. The van der Waals surface area contributed by atoms with Gasteiger partial charge in [0.1, 0.15) is 0 Å². The number of nitrogens with one attached hydrogen (secondary N) is 1. The number of hydrogen-bond acceptors (Lipinski definition) is 2. The largest absolute Gasteiger partial charge is 0.351 e. The lowest BCUT2D eigenvalue weighted by Crippen LogP contribution is -2.24. The zero-order valence-corrected chi connectivity index (χ0v) is 8.92. The number of halogens is 1. The van der Waals surface area contributed by atoms with Crippen molar-refractivity contribution in [1.29, 1.82) is 5.26 Å². The van der Waals surface area contributed by atoms with Gasteiger partial charge in [0, 0.05) is 18.0 Å². The van der Waals surface area contributed by atoms with E-state index in [0.29, 0.717) is 24.4 Å². The Morgan fingerprint density at radius 1 is 1.40 bits per heavy atom. The number of nitriles is 1. The summed E-state index contributed by atoms with van der Waals surface area (Å²) in [6.07, 6.45) is 0.325. The van der Waals surface area contributed by atoms with Crippen LogP contribution >= 0.6 is 11.6 Å². The fraction of sp³-hybridized carbons (Fsp3) is 0.273. The lowest BCUT2D eigenvalue weighted by Gasteiger charge is -2.03. The van der Waals surface area contributed by atoms with Gasteiger partial charge >= 0.3 is 0 Å². The van der Waals surface area contributed by atoms with Crippen molar-refractivity contribution in [3.05, 3.63) is 35.4 Å². The summed E-state index contributed by atoms with van der Waals surface area (Å²) < 4.78 is 0. The number of amides is 1. The van der Waals surface area contributed by atoms with E-state index in [2.05, 4.69) is 5.32 Å². The molecule has 0 spiro atoms. The average Bonchev–Trinajstić information content (AvgIpc) is 2.29. The number of alkyl halides is 1. The van der Waals surface area contributed by atoms with Crippen LogP contribution in [0.2, 0.25) is 0 Å². The minimum Gasteiger partial charge on any atom is -0.351 e. The minimum absolute atomic E-state index is 0.161. The predicted octanol–water partition coefficient (Wildman–Crippen LogP) is 2.07. The predicted molar refractivity (Wildman–Crippen MR) is 58.6 cm³/mol. The molecule has 0 saturated heterocycles. The molecule has 78 valence electrons. The van der Waals surface area contributed by atoms with Gasteiger partial charge in [0.2, 0.25) is 0 Å². The van der Waals surface area contributed by atoms with Crippen LogP contribution in [0.3, 0.4) is 0 Å². The molecule has 1 aromatic carbocycles. The Hall–Kier alpha value is -1.53. The lowest BCUT2D eigenvalue weighted by atomic mass is 10.1. The smallest absolute Gasteiger partial charge is 0.251 e. The fourth-order valence-corrected chi connectivity index (χ4v) is 1.26. The third-order valence-electron chi connectivity index (χ3n) is 1.89. The highest BCUT2D eigenvalue weighted by molar-refractivity contribution is 6.17. The van der Waals surface area contributed by atoms with E-state index in [0.717, 1.165) is 5.56 Å². The Morgan fingerprint density at radius 3 is 2.60 bits per heavy atom. The molecule has 0 atom stereocenters. The van der Waals surface area contributed by atoms with Crippen LogP contribution in [0.1, 0.15) is 22.3 Å². The minimum atomic E-state index is -0.161. The van der Waals surface area contributed by atoms with E-state index in [1.807, 2.05) is 18.2 Å². The maximum absolute atomic E-state index is 11.5. The van der Waals surface area contributed by atoms with Gasteiger partial charge in [-0.1, -0.05) is 12.1 Å². The zero-order chi connectivity index (χ0) is 11.1. The molecule has 0 fully saturated rings. The van der Waals surface area contributed by atoms with Crippen molar-refractivity contribution in [2.45, 2.75) is 12.3 Å². The number of nitrogens with zero attached hydrogens (tertiary/aromatic N) is 1. The van der Waals surface area contributed by atoms with E-state index in [-0.39, 0.29) is 5.91 Å². The van der Waals surface area contributed by atoms with Gasteiger partial charge in [-0.3, -0.25) is 4.79 Å². The van der Waals surface area contributed by atoms with Crippen molar-refractivity contribution in [2.24, 2.45) is 0 Å². The van der Waals surface area contributed by atoms with Crippen LogP contribution in [0.4, 0.5) is 0 Å². The molecule has 0 saturated carbocycles. The normalized spacial score (nSPS) is 9.33. The zero-order valence-electron chi connectivity index (χ0n) is 8.16. The Morgan fingerprint density at radius 2 is 2.07 bits per heavy atom. The second-order valence-electron chi connectivity index (χ2n) is 2.99. The van der Waals surface area contributed by atoms with Crippen LogP contribution in [0, 0.1) is 11.3 Å². The number of carbonyl (C=O) groups is 1. The molecular formula is C11H11ClN2O. The van der Waals surface area contributed by atoms with Crippen molar-refractivity contribution in [3.8, 4) is 6.07 Å². The first-order valence-electron chi connectivity index (χ1n) is 4.58. The summed E-state index contributed by atoms with van der Waals surface area (Å²) in [6, 6.07) is 9.03. The standard InChI is InChI=1S/C11H11ClN2O/c12-8-9-2-4-10(5-3-9)11(15)14-7-1-6-13/h2-5H,1,7-8H2,(H,14,15). The number of carbonyl (C=O) groups excluding carboxylic acids is 1. The second-order valence-corrected chi connectivity index (χ2v) is 3.26. The maximum Gasteiger partial charge on any atom is 0.251 e. The van der Waals surface area contributed by atoms with Crippen molar-refractivity contribution in [1.82, 2.24) is 5.32 Å². The van der Waals surface area contributed by atoms with E-state index < -0.39 is 0 Å². The molecule has 15 heavy (non-hydrogen) atoms. The molecule has 0 radical (unpaired) electrons. The molecule has 0 unspecified atom stereocenters. The molecule has 1 aromatic rings. The van der Waals surface area contributed by atoms with Crippen LogP contribution in [-0.4, -0.2) is 12.5 Å². The molecular weight excluding hydrogens is 212 g/mol. The first kappa shape index (κ1) is 11.5. The highest BCUT2D eigenvalue weighted by atomic mass is 35.5. The third kappa shape index (κ3) is 3.61.